The van der Waals surface area contributed by atoms with E-state index in [2.05, 4.69) is 40.6 Å². The second-order valence-corrected chi connectivity index (χ2v) is 5.73. The second-order valence-electron chi connectivity index (χ2n) is 4.85. The topological polar surface area (TPSA) is 50.4 Å². The smallest absolute Gasteiger partial charge is 0.198 e. The SMILES string of the molecule is CSc1cccc(NC(N)=Nc2cccc3ccccc23)c1. The number of hydrogen-bond acceptors (Lipinski definition) is 2. The van der Waals surface area contributed by atoms with E-state index in [0.29, 0.717) is 5.96 Å². The zero-order valence-electron chi connectivity index (χ0n) is 12.3. The average Bonchev–Trinajstić information content (AvgIpc) is 2.55. The number of nitrogens with one attached hydrogen (secondary N) is 1. The summed E-state index contributed by atoms with van der Waals surface area (Å²) in [6.07, 6.45) is 2.05. The van der Waals surface area contributed by atoms with E-state index in [-0.39, 0.29) is 0 Å². The number of nitrogens with zero attached hydrogens (tertiary/aromatic N) is 1. The van der Waals surface area contributed by atoms with Gasteiger partial charge in [-0.05, 0) is 35.9 Å². The maximum atomic E-state index is 6.05. The molecule has 4 heteroatoms. The molecule has 0 fully saturated rings. The standard InChI is InChI=1S/C18H17N3S/c1-22-15-9-5-8-14(12-15)20-18(19)21-17-11-4-7-13-6-2-3-10-16(13)17/h2-12H,1H3,(H3,19,20,21). The fourth-order valence-electron chi connectivity index (χ4n) is 2.31. The number of aliphatic imine (C=N–C) groups is 1. The average molecular weight is 307 g/mol. The highest BCUT2D eigenvalue weighted by molar-refractivity contribution is 7.98. The Balaban J connectivity index is 1.90. The third-order valence-corrected chi connectivity index (χ3v) is 4.08. The Kier molecular flexibility index (Phi) is 4.30. The number of fused-ring (bicyclic) bond motifs is 1. The summed E-state index contributed by atoms with van der Waals surface area (Å²) in [5.74, 6) is 0.384. The molecule has 3 N–H and O–H groups in total. The normalized spacial score (nSPS) is 11.6. The van der Waals surface area contributed by atoms with E-state index in [4.69, 9.17) is 5.73 Å². The lowest BCUT2D eigenvalue weighted by Gasteiger charge is -2.08. The number of guanidine groups is 1. The molecular weight excluding hydrogens is 290 g/mol. The van der Waals surface area contributed by atoms with Gasteiger partial charge in [-0.15, -0.1) is 11.8 Å². The fourth-order valence-corrected chi connectivity index (χ4v) is 2.77. The van der Waals surface area contributed by atoms with E-state index >= 15 is 0 Å². The predicted molar refractivity (Wildman–Crippen MR) is 97.1 cm³/mol. The van der Waals surface area contributed by atoms with Gasteiger partial charge < -0.3 is 11.1 Å². The van der Waals surface area contributed by atoms with E-state index in [1.807, 2.05) is 42.7 Å². The Bertz CT molecular complexity index is 822. The molecule has 0 bridgehead atoms. The van der Waals surface area contributed by atoms with Crippen LogP contribution in [0.3, 0.4) is 0 Å². The maximum Gasteiger partial charge on any atom is 0.198 e. The van der Waals surface area contributed by atoms with Crippen molar-refractivity contribution < 1.29 is 0 Å². The minimum Gasteiger partial charge on any atom is -0.369 e. The molecule has 0 atom stereocenters. The number of anilines is 1. The minimum absolute atomic E-state index is 0.384. The number of hydrogen-bond donors (Lipinski definition) is 2. The van der Waals surface area contributed by atoms with Crippen molar-refractivity contribution in [2.45, 2.75) is 4.90 Å². The Morgan fingerprint density at radius 2 is 1.77 bits per heavy atom. The Hall–Kier alpha value is -2.46. The summed E-state index contributed by atoms with van der Waals surface area (Å²) in [6.45, 7) is 0. The van der Waals surface area contributed by atoms with Gasteiger partial charge >= 0.3 is 0 Å². The first kappa shape index (κ1) is 14.5. The van der Waals surface area contributed by atoms with Crippen LogP contribution in [0.15, 0.2) is 76.6 Å². The highest BCUT2D eigenvalue weighted by atomic mass is 32.2. The van der Waals surface area contributed by atoms with Crippen LogP contribution in [-0.4, -0.2) is 12.2 Å². The second kappa shape index (κ2) is 6.54. The van der Waals surface area contributed by atoms with Crippen LogP contribution in [0, 0.1) is 0 Å². The van der Waals surface area contributed by atoms with Crippen LogP contribution in [0.5, 0.6) is 0 Å². The molecule has 0 aliphatic rings. The van der Waals surface area contributed by atoms with Crippen molar-refractivity contribution in [3.63, 3.8) is 0 Å². The van der Waals surface area contributed by atoms with Crippen LogP contribution in [0.25, 0.3) is 10.8 Å². The zero-order chi connectivity index (χ0) is 15.4. The van der Waals surface area contributed by atoms with Gasteiger partial charge in [-0.2, -0.15) is 0 Å². The molecule has 0 aromatic heterocycles. The molecule has 0 radical (unpaired) electrons. The number of rotatable bonds is 3. The first-order valence-electron chi connectivity index (χ1n) is 6.99. The third kappa shape index (κ3) is 3.23. The van der Waals surface area contributed by atoms with Crippen molar-refractivity contribution in [1.29, 1.82) is 0 Å². The summed E-state index contributed by atoms with van der Waals surface area (Å²) in [4.78, 5) is 5.70. The van der Waals surface area contributed by atoms with Crippen molar-refractivity contribution in [2.75, 3.05) is 11.6 Å². The molecule has 0 amide bonds. The largest absolute Gasteiger partial charge is 0.369 e. The van der Waals surface area contributed by atoms with Crippen LogP contribution in [0.2, 0.25) is 0 Å². The van der Waals surface area contributed by atoms with E-state index in [0.717, 1.165) is 22.1 Å². The van der Waals surface area contributed by atoms with Crippen LogP contribution in [-0.2, 0) is 0 Å². The lowest BCUT2D eigenvalue weighted by molar-refractivity contribution is 1.42. The van der Waals surface area contributed by atoms with Gasteiger partial charge in [0.25, 0.3) is 0 Å². The summed E-state index contributed by atoms with van der Waals surface area (Å²) in [7, 11) is 0. The van der Waals surface area contributed by atoms with E-state index in [1.165, 1.54) is 4.90 Å². The van der Waals surface area contributed by atoms with Gasteiger partial charge in [0.2, 0.25) is 0 Å². The predicted octanol–water partition coefficient (Wildman–Crippen LogP) is 4.62. The molecule has 0 aliphatic heterocycles. The quantitative estimate of drug-likeness (QED) is 0.422. The highest BCUT2D eigenvalue weighted by Crippen LogP contribution is 2.25. The molecule has 0 heterocycles. The molecule has 0 spiro atoms. The van der Waals surface area contributed by atoms with Crippen molar-refractivity contribution >= 4 is 39.9 Å². The zero-order valence-corrected chi connectivity index (χ0v) is 13.1. The molecule has 3 nitrogen and oxygen atoms in total. The van der Waals surface area contributed by atoms with Gasteiger partial charge in [0, 0.05) is 16.0 Å². The number of benzene rings is 3. The van der Waals surface area contributed by atoms with Crippen molar-refractivity contribution in [3.8, 4) is 0 Å². The minimum atomic E-state index is 0.384. The van der Waals surface area contributed by atoms with Crippen LogP contribution in [0.1, 0.15) is 0 Å². The van der Waals surface area contributed by atoms with Gasteiger partial charge in [-0.25, -0.2) is 4.99 Å². The Labute approximate surface area is 134 Å². The molecular formula is C18H17N3S. The molecule has 3 rings (SSSR count). The molecule has 0 saturated heterocycles. The van der Waals surface area contributed by atoms with Gasteiger partial charge in [-0.3, -0.25) is 0 Å². The molecule has 110 valence electrons. The summed E-state index contributed by atoms with van der Waals surface area (Å²) in [5.41, 5.74) is 7.86. The van der Waals surface area contributed by atoms with Crippen LogP contribution >= 0.6 is 11.8 Å². The summed E-state index contributed by atoms with van der Waals surface area (Å²) in [5, 5.41) is 5.39. The monoisotopic (exact) mass is 307 g/mol. The number of thioether (sulfide) groups is 1. The lowest BCUT2D eigenvalue weighted by Crippen LogP contribution is -2.21. The Morgan fingerprint density at radius 1 is 1.00 bits per heavy atom. The van der Waals surface area contributed by atoms with E-state index in [1.54, 1.807) is 11.8 Å². The summed E-state index contributed by atoms with van der Waals surface area (Å²) >= 11 is 1.70. The van der Waals surface area contributed by atoms with Crippen molar-refractivity contribution in [3.05, 3.63) is 66.7 Å². The van der Waals surface area contributed by atoms with E-state index in [9.17, 15) is 0 Å². The first-order valence-corrected chi connectivity index (χ1v) is 8.22. The van der Waals surface area contributed by atoms with Gasteiger partial charge in [0.1, 0.15) is 0 Å². The molecule has 3 aromatic carbocycles. The number of nitrogens with two attached hydrogens (primary N) is 1. The van der Waals surface area contributed by atoms with Gasteiger partial charge in [-0.1, -0.05) is 42.5 Å². The molecule has 0 saturated carbocycles. The molecule has 3 aromatic rings. The lowest BCUT2D eigenvalue weighted by atomic mass is 10.1. The van der Waals surface area contributed by atoms with Gasteiger partial charge in [0.05, 0.1) is 5.69 Å². The summed E-state index contributed by atoms with van der Waals surface area (Å²) < 4.78 is 0. The van der Waals surface area contributed by atoms with Crippen molar-refractivity contribution in [2.24, 2.45) is 10.7 Å². The molecule has 0 aliphatic carbocycles. The summed E-state index contributed by atoms with van der Waals surface area (Å²) in [6, 6.07) is 22.3. The van der Waals surface area contributed by atoms with E-state index < -0.39 is 0 Å². The maximum absolute atomic E-state index is 6.05. The first-order chi connectivity index (χ1) is 10.8. The van der Waals surface area contributed by atoms with Gasteiger partial charge in [0.15, 0.2) is 5.96 Å². The molecule has 22 heavy (non-hydrogen) atoms. The molecule has 0 unspecified atom stereocenters. The fraction of sp³-hybridized carbons (Fsp3) is 0.0556. The van der Waals surface area contributed by atoms with Crippen molar-refractivity contribution in [1.82, 2.24) is 0 Å². The highest BCUT2D eigenvalue weighted by Gasteiger charge is 2.01. The third-order valence-electron chi connectivity index (χ3n) is 3.35. The Morgan fingerprint density at radius 3 is 2.64 bits per heavy atom. The van der Waals surface area contributed by atoms with Crippen LogP contribution in [0.4, 0.5) is 11.4 Å². The van der Waals surface area contributed by atoms with Crippen LogP contribution < -0.4 is 11.1 Å².